The van der Waals surface area contributed by atoms with Gasteiger partial charge in [0.15, 0.2) is 0 Å². The largest absolute Gasteiger partial charge is 0.487 e. The first-order chi connectivity index (χ1) is 14.5. The number of aromatic nitrogens is 1. The maximum atomic E-state index is 12.3. The Kier molecular flexibility index (Phi) is 5.58. The van der Waals surface area contributed by atoms with Crippen LogP contribution in [0.25, 0.3) is 0 Å². The summed E-state index contributed by atoms with van der Waals surface area (Å²) in [4.78, 5) is 42.3. The molecule has 4 rings (SSSR count). The highest BCUT2D eigenvalue weighted by atomic mass is 32.1. The van der Waals surface area contributed by atoms with Crippen molar-refractivity contribution in [2.75, 3.05) is 13.2 Å². The first-order valence-corrected chi connectivity index (χ1v) is 10.2. The summed E-state index contributed by atoms with van der Waals surface area (Å²) in [5, 5.41) is 2.92. The fourth-order valence-corrected chi connectivity index (χ4v) is 3.67. The molecule has 0 bridgehead atoms. The molecule has 8 heteroatoms. The molecule has 0 spiro atoms. The monoisotopic (exact) mass is 422 g/mol. The summed E-state index contributed by atoms with van der Waals surface area (Å²) < 4.78 is 10.9. The van der Waals surface area contributed by atoms with E-state index in [-0.39, 0.29) is 25.0 Å². The lowest BCUT2D eigenvalue weighted by atomic mass is 10.1. The van der Waals surface area contributed by atoms with Gasteiger partial charge < -0.3 is 9.47 Å². The number of esters is 1. The number of ether oxygens (including phenoxy) is 2. The number of rotatable bonds is 7. The molecule has 3 aromatic rings. The van der Waals surface area contributed by atoms with Gasteiger partial charge >= 0.3 is 5.97 Å². The van der Waals surface area contributed by atoms with E-state index in [0.717, 1.165) is 15.6 Å². The maximum absolute atomic E-state index is 12.3. The molecule has 0 unspecified atom stereocenters. The molecule has 0 radical (unpaired) electrons. The fraction of sp³-hybridized carbons (Fsp3) is 0.182. The smallest absolute Gasteiger partial charge is 0.338 e. The SMILES string of the molecule is Cc1nc(COc2ccc(C(=O)OCCN3C(=O)c4ccccc4C3=O)cc2)cs1. The number of benzene rings is 2. The van der Waals surface area contributed by atoms with Gasteiger partial charge in [-0.15, -0.1) is 11.3 Å². The van der Waals surface area contributed by atoms with Crippen LogP contribution >= 0.6 is 11.3 Å². The first-order valence-electron chi connectivity index (χ1n) is 9.29. The number of hydrogen-bond acceptors (Lipinski definition) is 7. The van der Waals surface area contributed by atoms with E-state index in [4.69, 9.17) is 9.47 Å². The number of nitrogens with zero attached hydrogens (tertiary/aromatic N) is 2. The lowest BCUT2D eigenvalue weighted by molar-refractivity contribution is 0.0420. The van der Waals surface area contributed by atoms with Gasteiger partial charge in [-0.1, -0.05) is 12.1 Å². The zero-order chi connectivity index (χ0) is 21.1. The summed E-state index contributed by atoms with van der Waals surface area (Å²) in [6.45, 7) is 2.22. The minimum Gasteiger partial charge on any atom is -0.487 e. The van der Waals surface area contributed by atoms with Crippen molar-refractivity contribution in [2.24, 2.45) is 0 Å². The Morgan fingerprint density at radius 1 is 1.03 bits per heavy atom. The molecule has 30 heavy (non-hydrogen) atoms. The molecular weight excluding hydrogens is 404 g/mol. The highest BCUT2D eigenvalue weighted by Gasteiger charge is 2.34. The zero-order valence-electron chi connectivity index (χ0n) is 16.2. The number of thiazole rings is 1. The summed E-state index contributed by atoms with van der Waals surface area (Å²) in [5.74, 6) is -0.663. The van der Waals surface area contributed by atoms with Crippen LogP contribution in [0, 0.1) is 6.92 Å². The molecule has 1 aliphatic rings. The number of carbonyl (C=O) groups excluding carboxylic acids is 3. The van der Waals surface area contributed by atoms with Crippen molar-refractivity contribution >= 4 is 29.1 Å². The average Bonchev–Trinajstić information content (AvgIpc) is 3.29. The van der Waals surface area contributed by atoms with Gasteiger partial charge in [-0.3, -0.25) is 14.5 Å². The van der Waals surface area contributed by atoms with Crippen LogP contribution in [0.4, 0.5) is 0 Å². The van der Waals surface area contributed by atoms with Gasteiger partial charge in [0.05, 0.1) is 33.9 Å². The van der Waals surface area contributed by atoms with Gasteiger partial charge in [0.2, 0.25) is 0 Å². The van der Waals surface area contributed by atoms with Crippen molar-refractivity contribution < 1.29 is 23.9 Å². The Morgan fingerprint density at radius 3 is 2.30 bits per heavy atom. The van der Waals surface area contributed by atoms with E-state index >= 15 is 0 Å². The molecule has 1 aliphatic heterocycles. The molecule has 0 N–H and O–H groups in total. The molecule has 0 fully saturated rings. The van der Waals surface area contributed by atoms with Crippen LogP contribution in [0.1, 0.15) is 41.8 Å². The molecule has 2 heterocycles. The van der Waals surface area contributed by atoms with Crippen LogP contribution in [0.2, 0.25) is 0 Å². The number of fused-ring (bicyclic) bond motifs is 1. The quantitative estimate of drug-likeness (QED) is 0.428. The second kappa shape index (κ2) is 8.46. The van der Waals surface area contributed by atoms with Gasteiger partial charge in [-0.25, -0.2) is 9.78 Å². The highest BCUT2D eigenvalue weighted by Crippen LogP contribution is 2.22. The van der Waals surface area contributed by atoms with E-state index in [1.54, 1.807) is 59.9 Å². The fourth-order valence-electron chi connectivity index (χ4n) is 3.07. The van der Waals surface area contributed by atoms with Gasteiger partial charge in [0.25, 0.3) is 11.8 Å². The summed E-state index contributed by atoms with van der Waals surface area (Å²) in [6, 6.07) is 13.2. The number of carbonyl (C=O) groups is 3. The van der Waals surface area contributed by atoms with Crippen LogP contribution < -0.4 is 4.74 Å². The topological polar surface area (TPSA) is 85.8 Å². The summed E-state index contributed by atoms with van der Waals surface area (Å²) >= 11 is 1.56. The molecule has 7 nitrogen and oxygen atoms in total. The van der Waals surface area contributed by atoms with E-state index in [1.807, 2.05) is 12.3 Å². The van der Waals surface area contributed by atoms with E-state index < -0.39 is 5.97 Å². The lowest BCUT2D eigenvalue weighted by Gasteiger charge is -2.13. The summed E-state index contributed by atoms with van der Waals surface area (Å²) in [6.07, 6.45) is 0. The Morgan fingerprint density at radius 2 is 1.70 bits per heavy atom. The number of hydrogen-bond donors (Lipinski definition) is 0. The third-order valence-electron chi connectivity index (χ3n) is 4.57. The Bertz CT molecular complexity index is 1070. The summed E-state index contributed by atoms with van der Waals surface area (Å²) in [7, 11) is 0. The van der Waals surface area contributed by atoms with Gasteiger partial charge in [-0.2, -0.15) is 0 Å². The molecule has 152 valence electrons. The van der Waals surface area contributed by atoms with Gasteiger partial charge in [0.1, 0.15) is 19.0 Å². The van der Waals surface area contributed by atoms with Crippen molar-refractivity contribution in [3.8, 4) is 5.75 Å². The van der Waals surface area contributed by atoms with Crippen molar-refractivity contribution in [3.05, 3.63) is 81.3 Å². The van der Waals surface area contributed by atoms with Crippen LogP contribution in [0.3, 0.4) is 0 Å². The van der Waals surface area contributed by atoms with E-state index in [0.29, 0.717) is 29.0 Å². The van der Waals surface area contributed by atoms with Crippen LogP contribution in [-0.2, 0) is 11.3 Å². The van der Waals surface area contributed by atoms with Crippen molar-refractivity contribution in [1.29, 1.82) is 0 Å². The van der Waals surface area contributed by atoms with E-state index in [1.165, 1.54) is 0 Å². The van der Waals surface area contributed by atoms with Crippen LogP contribution in [0.5, 0.6) is 5.75 Å². The van der Waals surface area contributed by atoms with Gasteiger partial charge in [0, 0.05) is 5.38 Å². The Labute approximate surface area is 176 Å². The van der Waals surface area contributed by atoms with Crippen molar-refractivity contribution in [1.82, 2.24) is 9.88 Å². The maximum Gasteiger partial charge on any atom is 0.338 e. The first kappa shape index (κ1) is 19.8. The Balaban J connectivity index is 1.27. The molecule has 1 aromatic heterocycles. The van der Waals surface area contributed by atoms with Crippen molar-refractivity contribution in [2.45, 2.75) is 13.5 Å². The Hall–Kier alpha value is -3.52. The zero-order valence-corrected chi connectivity index (χ0v) is 17.0. The molecule has 2 aromatic carbocycles. The molecule has 0 aliphatic carbocycles. The average molecular weight is 422 g/mol. The number of imide groups is 1. The predicted octanol–water partition coefficient (Wildman–Crippen LogP) is 3.48. The van der Waals surface area contributed by atoms with E-state index in [9.17, 15) is 14.4 Å². The molecular formula is C22H18N2O5S. The normalized spacial score (nSPS) is 12.8. The second-order valence-electron chi connectivity index (χ2n) is 6.61. The molecule has 0 atom stereocenters. The third kappa shape index (κ3) is 4.08. The third-order valence-corrected chi connectivity index (χ3v) is 5.39. The number of amides is 2. The van der Waals surface area contributed by atoms with Gasteiger partial charge in [-0.05, 0) is 43.3 Å². The van der Waals surface area contributed by atoms with E-state index in [2.05, 4.69) is 4.98 Å². The minimum absolute atomic E-state index is 0.00629. The highest BCUT2D eigenvalue weighted by molar-refractivity contribution is 7.09. The van der Waals surface area contributed by atoms with Crippen LogP contribution in [-0.4, -0.2) is 40.8 Å². The predicted molar refractivity (Wildman–Crippen MR) is 110 cm³/mol. The second-order valence-corrected chi connectivity index (χ2v) is 7.68. The van der Waals surface area contributed by atoms with Crippen LogP contribution in [0.15, 0.2) is 53.9 Å². The number of aryl methyl sites for hydroxylation is 1. The molecule has 2 amide bonds. The molecule has 0 saturated carbocycles. The molecule has 0 saturated heterocycles. The standard InChI is InChI=1S/C22H18N2O5S/c1-14-23-16(13-30-14)12-29-17-8-6-15(7-9-17)22(27)28-11-10-24-20(25)18-4-2-3-5-19(18)21(24)26/h2-9,13H,10-12H2,1H3. The lowest BCUT2D eigenvalue weighted by Crippen LogP contribution is -2.33. The van der Waals surface area contributed by atoms with Crippen molar-refractivity contribution in [3.63, 3.8) is 0 Å². The minimum atomic E-state index is -0.534. The summed E-state index contributed by atoms with van der Waals surface area (Å²) in [5.41, 5.74) is 1.96.